The molecule has 0 aliphatic carbocycles. The van der Waals surface area contributed by atoms with Crippen LogP contribution in [0.3, 0.4) is 0 Å². The van der Waals surface area contributed by atoms with Gasteiger partial charge in [0.15, 0.2) is 0 Å². The maximum atomic E-state index is 6.11. The Bertz CT molecular complexity index is 357. The molecule has 0 radical (unpaired) electrons. The molecule has 4 heteroatoms. The molecular weight excluding hydrogens is 236 g/mol. The first kappa shape index (κ1) is 14.3. The van der Waals surface area contributed by atoms with E-state index in [-0.39, 0.29) is 6.04 Å². The first-order chi connectivity index (χ1) is 8.12. The molecule has 0 spiro atoms. The summed E-state index contributed by atoms with van der Waals surface area (Å²) in [6.45, 7) is 4.84. The van der Waals surface area contributed by atoms with E-state index >= 15 is 0 Å². The molecule has 3 N–H and O–H groups in total. The van der Waals surface area contributed by atoms with E-state index < -0.39 is 0 Å². The van der Waals surface area contributed by atoms with E-state index in [0.29, 0.717) is 23.4 Å². The van der Waals surface area contributed by atoms with Crippen molar-refractivity contribution in [3.63, 3.8) is 0 Å². The van der Waals surface area contributed by atoms with Gasteiger partial charge < -0.3 is 15.8 Å². The average molecular weight is 257 g/mol. The average Bonchev–Trinajstić information content (AvgIpc) is 2.35. The van der Waals surface area contributed by atoms with E-state index in [0.717, 1.165) is 12.0 Å². The molecule has 0 aliphatic rings. The second kappa shape index (κ2) is 6.84. The Kier molecular flexibility index (Phi) is 5.75. The molecule has 0 heterocycles. The Balaban J connectivity index is 2.85. The largest absolute Gasteiger partial charge is 0.495 e. The van der Waals surface area contributed by atoms with Crippen molar-refractivity contribution in [1.82, 2.24) is 5.32 Å². The third kappa shape index (κ3) is 3.87. The second-order valence-corrected chi connectivity index (χ2v) is 4.57. The lowest BCUT2D eigenvalue weighted by Gasteiger charge is -2.22. The van der Waals surface area contributed by atoms with Crippen molar-refractivity contribution in [3.8, 4) is 5.75 Å². The topological polar surface area (TPSA) is 47.3 Å². The number of benzene rings is 1. The smallest absolute Gasteiger partial charge is 0.137 e. The van der Waals surface area contributed by atoms with E-state index in [1.807, 2.05) is 18.2 Å². The third-order valence-corrected chi connectivity index (χ3v) is 3.21. The maximum Gasteiger partial charge on any atom is 0.137 e. The van der Waals surface area contributed by atoms with E-state index in [2.05, 4.69) is 19.2 Å². The number of nitrogens with two attached hydrogens (primary N) is 1. The minimum Gasteiger partial charge on any atom is -0.495 e. The van der Waals surface area contributed by atoms with E-state index in [9.17, 15) is 0 Å². The van der Waals surface area contributed by atoms with Crippen molar-refractivity contribution in [1.29, 1.82) is 0 Å². The van der Waals surface area contributed by atoms with Crippen molar-refractivity contribution >= 4 is 11.6 Å². The highest BCUT2D eigenvalue weighted by Crippen LogP contribution is 2.27. The summed E-state index contributed by atoms with van der Waals surface area (Å²) in [6.07, 6.45) is 1.07. The molecule has 0 aromatic heterocycles. The maximum absolute atomic E-state index is 6.11. The van der Waals surface area contributed by atoms with Crippen LogP contribution in [-0.2, 0) is 0 Å². The van der Waals surface area contributed by atoms with E-state index in [1.165, 1.54) is 0 Å². The summed E-state index contributed by atoms with van der Waals surface area (Å²) in [5, 5.41) is 4.09. The highest BCUT2D eigenvalue weighted by molar-refractivity contribution is 6.32. The van der Waals surface area contributed by atoms with Crippen LogP contribution >= 0.6 is 11.6 Å². The molecule has 1 rings (SSSR count). The summed E-state index contributed by atoms with van der Waals surface area (Å²) < 4.78 is 5.13. The fraction of sp³-hybridized carbons (Fsp3) is 0.538. The summed E-state index contributed by atoms with van der Waals surface area (Å²) in [5.74, 6) is 0.690. The van der Waals surface area contributed by atoms with Crippen LogP contribution in [0, 0.1) is 0 Å². The number of hydrogen-bond acceptors (Lipinski definition) is 3. The Morgan fingerprint density at radius 2 is 2.18 bits per heavy atom. The molecule has 0 fully saturated rings. The fourth-order valence-corrected chi connectivity index (χ4v) is 1.93. The summed E-state index contributed by atoms with van der Waals surface area (Å²) >= 11 is 6.11. The molecule has 0 bridgehead atoms. The van der Waals surface area contributed by atoms with Gasteiger partial charge in [0.25, 0.3) is 0 Å². The van der Waals surface area contributed by atoms with Crippen LogP contribution in [0.5, 0.6) is 5.75 Å². The lowest BCUT2D eigenvalue weighted by molar-refractivity contribution is 0.413. The molecule has 2 atom stereocenters. The van der Waals surface area contributed by atoms with Gasteiger partial charge in [-0.15, -0.1) is 0 Å². The number of halogens is 1. The number of methoxy groups -OCH3 is 1. The van der Waals surface area contributed by atoms with Gasteiger partial charge in [-0.1, -0.05) is 24.6 Å². The second-order valence-electron chi connectivity index (χ2n) is 4.16. The van der Waals surface area contributed by atoms with Gasteiger partial charge in [-0.2, -0.15) is 0 Å². The predicted molar refractivity (Wildman–Crippen MR) is 72.7 cm³/mol. The first-order valence-corrected chi connectivity index (χ1v) is 6.29. The first-order valence-electron chi connectivity index (χ1n) is 5.91. The summed E-state index contributed by atoms with van der Waals surface area (Å²) in [6, 6.07) is 6.35. The predicted octanol–water partition coefficient (Wildman–Crippen LogP) is 2.74. The number of hydrogen-bond donors (Lipinski definition) is 2. The molecule has 1 aromatic rings. The zero-order chi connectivity index (χ0) is 12.8. The Labute approximate surface area is 108 Å². The number of ether oxygens (including phenoxy) is 1. The van der Waals surface area contributed by atoms with Crippen molar-refractivity contribution < 1.29 is 4.74 Å². The third-order valence-electron chi connectivity index (χ3n) is 2.91. The van der Waals surface area contributed by atoms with Crippen LogP contribution in [0.2, 0.25) is 5.02 Å². The number of nitrogens with one attached hydrogen (secondary N) is 1. The zero-order valence-electron chi connectivity index (χ0n) is 10.7. The Morgan fingerprint density at radius 3 is 2.65 bits per heavy atom. The summed E-state index contributed by atoms with van der Waals surface area (Å²) in [5.41, 5.74) is 6.89. The standard InChI is InChI=1S/C13H21ClN2O/c1-4-9(2)16-12(8-15)10-5-6-13(17-3)11(14)7-10/h5-7,9,12,16H,4,8,15H2,1-3H3. The molecule has 2 unspecified atom stereocenters. The van der Waals surface area contributed by atoms with Crippen LogP contribution in [0.15, 0.2) is 18.2 Å². The van der Waals surface area contributed by atoms with Crippen LogP contribution in [-0.4, -0.2) is 19.7 Å². The molecule has 0 aliphatic heterocycles. The minimum atomic E-state index is 0.133. The van der Waals surface area contributed by atoms with Gasteiger partial charge in [-0.3, -0.25) is 0 Å². The molecule has 0 amide bonds. The van der Waals surface area contributed by atoms with Gasteiger partial charge in [-0.25, -0.2) is 0 Å². The van der Waals surface area contributed by atoms with Crippen molar-refractivity contribution in [2.24, 2.45) is 5.73 Å². The van der Waals surface area contributed by atoms with Gasteiger partial charge in [0.05, 0.1) is 12.1 Å². The highest BCUT2D eigenvalue weighted by Gasteiger charge is 2.13. The van der Waals surface area contributed by atoms with Gasteiger partial charge >= 0.3 is 0 Å². The van der Waals surface area contributed by atoms with Crippen molar-refractivity contribution in [3.05, 3.63) is 28.8 Å². The molecule has 96 valence electrons. The van der Waals surface area contributed by atoms with Gasteiger partial charge in [0.2, 0.25) is 0 Å². The zero-order valence-corrected chi connectivity index (χ0v) is 11.4. The molecule has 0 saturated carbocycles. The minimum absolute atomic E-state index is 0.133. The Hall–Kier alpha value is -0.770. The highest BCUT2D eigenvalue weighted by atomic mass is 35.5. The SMILES string of the molecule is CCC(C)NC(CN)c1ccc(OC)c(Cl)c1. The van der Waals surface area contributed by atoms with Crippen LogP contribution < -0.4 is 15.8 Å². The fourth-order valence-electron chi connectivity index (χ4n) is 1.66. The molecule has 1 aromatic carbocycles. The quantitative estimate of drug-likeness (QED) is 0.823. The normalized spacial score (nSPS) is 14.4. The Morgan fingerprint density at radius 1 is 1.47 bits per heavy atom. The van der Waals surface area contributed by atoms with Gasteiger partial charge in [-0.05, 0) is 31.0 Å². The van der Waals surface area contributed by atoms with E-state index in [4.69, 9.17) is 22.1 Å². The van der Waals surface area contributed by atoms with Crippen molar-refractivity contribution in [2.75, 3.05) is 13.7 Å². The van der Waals surface area contributed by atoms with Crippen molar-refractivity contribution in [2.45, 2.75) is 32.4 Å². The molecular formula is C13H21ClN2O. The lowest BCUT2D eigenvalue weighted by Crippen LogP contribution is -2.34. The molecule has 17 heavy (non-hydrogen) atoms. The summed E-state index contributed by atoms with van der Waals surface area (Å²) in [4.78, 5) is 0. The molecule has 3 nitrogen and oxygen atoms in total. The van der Waals surface area contributed by atoms with E-state index in [1.54, 1.807) is 7.11 Å². The van der Waals surface area contributed by atoms with Crippen LogP contribution in [0.25, 0.3) is 0 Å². The molecule has 0 saturated heterocycles. The lowest BCUT2D eigenvalue weighted by atomic mass is 10.1. The summed E-state index contributed by atoms with van der Waals surface area (Å²) in [7, 11) is 1.61. The van der Waals surface area contributed by atoms with Gasteiger partial charge in [0.1, 0.15) is 5.75 Å². The van der Waals surface area contributed by atoms with Crippen LogP contribution in [0.1, 0.15) is 31.9 Å². The van der Waals surface area contributed by atoms with Crippen LogP contribution in [0.4, 0.5) is 0 Å². The number of rotatable bonds is 6. The monoisotopic (exact) mass is 256 g/mol. The van der Waals surface area contributed by atoms with Gasteiger partial charge in [0, 0.05) is 18.6 Å².